The quantitative estimate of drug-likeness (QED) is 0.669. The minimum absolute atomic E-state index is 0.0182. The number of rotatable bonds is 3. The number of halogens is 1. The highest BCUT2D eigenvalue weighted by Gasteiger charge is 2.57. The molecule has 4 nitrogen and oxygen atoms in total. The molecule has 1 aliphatic heterocycles. The smallest absolute Gasteiger partial charge is 0.354 e. The lowest BCUT2D eigenvalue weighted by molar-refractivity contribution is -0.172. The van der Waals surface area contributed by atoms with E-state index in [0.717, 1.165) is 18.6 Å². The predicted molar refractivity (Wildman–Crippen MR) is 51.2 cm³/mol. The summed E-state index contributed by atoms with van der Waals surface area (Å²) in [6.07, 6.45) is 2.42. The summed E-state index contributed by atoms with van der Waals surface area (Å²) < 4.78 is 16.7. The van der Waals surface area contributed by atoms with E-state index in [2.05, 4.69) is 5.16 Å². The van der Waals surface area contributed by atoms with E-state index in [1.54, 1.807) is 0 Å². The first-order valence-electron chi connectivity index (χ1n) is 5.16. The maximum atomic E-state index is 11.9. The summed E-state index contributed by atoms with van der Waals surface area (Å²) in [5.41, 5.74) is -0.108. The van der Waals surface area contributed by atoms with Crippen molar-refractivity contribution >= 4 is 11.7 Å². The van der Waals surface area contributed by atoms with Crippen LogP contribution in [0.5, 0.6) is 0 Å². The largest absolute Gasteiger partial charge is 0.460 e. The van der Waals surface area contributed by atoms with Gasteiger partial charge in [-0.3, -0.25) is 0 Å². The molecule has 2 atom stereocenters. The highest BCUT2D eigenvalue weighted by atomic mass is 19.1. The van der Waals surface area contributed by atoms with Crippen molar-refractivity contribution in [2.45, 2.75) is 31.8 Å². The molecule has 1 saturated carbocycles. The Bertz CT molecular complexity index is 305. The van der Waals surface area contributed by atoms with Gasteiger partial charge in [-0.1, -0.05) is 5.16 Å². The molecule has 2 aliphatic rings. The Kier molecular flexibility index (Phi) is 2.63. The fraction of sp³-hybridized carbons (Fsp3) is 0.800. The third kappa shape index (κ3) is 1.50. The van der Waals surface area contributed by atoms with Gasteiger partial charge in [0.15, 0.2) is 0 Å². The molecule has 0 saturated heterocycles. The van der Waals surface area contributed by atoms with Gasteiger partial charge in [-0.15, -0.1) is 0 Å². The molecular formula is C10H14FNO3. The molecule has 15 heavy (non-hydrogen) atoms. The summed E-state index contributed by atoms with van der Waals surface area (Å²) in [7, 11) is 0. The molecule has 0 N–H and O–H groups in total. The van der Waals surface area contributed by atoms with Gasteiger partial charge in [0, 0.05) is 6.42 Å². The molecule has 2 unspecified atom stereocenters. The van der Waals surface area contributed by atoms with Crippen LogP contribution < -0.4 is 0 Å². The summed E-state index contributed by atoms with van der Waals surface area (Å²) in [5, 5.41) is 3.84. The second-order valence-corrected chi connectivity index (χ2v) is 3.98. The molecule has 0 aromatic carbocycles. The summed E-state index contributed by atoms with van der Waals surface area (Å²) >= 11 is 0. The van der Waals surface area contributed by atoms with E-state index in [9.17, 15) is 9.18 Å². The third-order valence-corrected chi connectivity index (χ3v) is 3.12. The fourth-order valence-electron chi connectivity index (χ4n) is 2.38. The van der Waals surface area contributed by atoms with Gasteiger partial charge in [0.2, 0.25) is 5.60 Å². The molecule has 1 aliphatic carbocycles. The first-order valence-corrected chi connectivity index (χ1v) is 5.16. The standard InChI is InChI=1S/C10H14FNO3/c1-7-8-3-2-4-10(8,15-12-7)9(13)14-6-5-11/h8H,2-6H2,1H3. The Labute approximate surface area is 87.4 Å². The molecule has 0 amide bonds. The van der Waals surface area contributed by atoms with Crippen LogP contribution >= 0.6 is 0 Å². The number of carbonyl (C=O) groups is 1. The summed E-state index contributed by atoms with van der Waals surface area (Å²) in [5.74, 6) is -0.451. The minimum Gasteiger partial charge on any atom is -0.460 e. The van der Waals surface area contributed by atoms with Crippen molar-refractivity contribution in [3.05, 3.63) is 0 Å². The topological polar surface area (TPSA) is 47.9 Å². The van der Waals surface area contributed by atoms with Crippen LogP contribution in [-0.4, -0.2) is 30.6 Å². The lowest BCUT2D eigenvalue weighted by atomic mass is 9.88. The number of hydrogen-bond acceptors (Lipinski definition) is 4. The highest BCUT2D eigenvalue weighted by Crippen LogP contribution is 2.44. The number of fused-ring (bicyclic) bond motifs is 1. The number of ether oxygens (including phenoxy) is 1. The zero-order valence-electron chi connectivity index (χ0n) is 8.66. The van der Waals surface area contributed by atoms with Crippen LogP contribution in [0.2, 0.25) is 0 Å². The van der Waals surface area contributed by atoms with E-state index in [4.69, 9.17) is 9.57 Å². The fourth-order valence-corrected chi connectivity index (χ4v) is 2.38. The Balaban J connectivity index is 2.10. The van der Waals surface area contributed by atoms with Crippen LogP contribution in [0.25, 0.3) is 0 Å². The first kappa shape index (κ1) is 10.4. The second kappa shape index (κ2) is 3.79. The van der Waals surface area contributed by atoms with E-state index in [1.807, 2.05) is 6.92 Å². The molecule has 0 aromatic rings. The SMILES string of the molecule is CC1=NOC2(C(=O)OCCF)CCCC12. The van der Waals surface area contributed by atoms with Gasteiger partial charge in [-0.05, 0) is 19.8 Å². The highest BCUT2D eigenvalue weighted by molar-refractivity contribution is 5.95. The molecule has 0 bridgehead atoms. The van der Waals surface area contributed by atoms with Crippen LogP contribution in [0.1, 0.15) is 26.2 Å². The van der Waals surface area contributed by atoms with Gasteiger partial charge in [-0.2, -0.15) is 0 Å². The van der Waals surface area contributed by atoms with Crippen LogP contribution in [0.4, 0.5) is 4.39 Å². The number of oxime groups is 1. The van der Waals surface area contributed by atoms with Crippen molar-refractivity contribution in [3.8, 4) is 0 Å². The zero-order valence-corrected chi connectivity index (χ0v) is 8.66. The maximum absolute atomic E-state index is 11.9. The lowest BCUT2D eigenvalue weighted by Crippen LogP contribution is -2.44. The molecule has 1 fully saturated rings. The Morgan fingerprint density at radius 3 is 3.33 bits per heavy atom. The first-order chi connectivity index (χ1) is 7.20. The molecule has 5 heteroatoms. The van der Waals surface area contributed by atoms with Crippen LogP contribution in [0.3, 0.4) is 0 Å². The average molecular weight is 215 g/mol. The van der Waals surface area contributed by atoms with Gasteiger partial charge < -0.3 is 9.57 Å². The van der Waals surface area contributed by atoms with Crippen LogP contribution in [-0.2, 0) is 14.4 Å². The van der Waals surface area contributed by atoms with Gasteiger partial charge >= 0.3 is 5.97 Å². The maximum Gasteiger partial charge on any atom is 0.354 e. The Morgan fingerprint density at radius 2 is 2.60 bits per heavy atom. The van der Waals surface area contributed by atoms with Gasteiger partial charge in [-0.25, -0.2) is 9.18 Å². The average Bonchev–Trinajstić information content (AvgIpc) is 2.77. The van der Waals surface area contributed by atoms with Gasteiger partial charge in [0.25, 0.3) is 0 Å². The Morgan fingerprint density at radius 1 is 1.80 bits per heavy atom. The van der Waals surface area contributed by atoms with Crippen molar-refractivity contribution in [1.29, 1.82) is 0 Å². The van der Waals surface area contributed by atoms with Crippen molar-refractivity contribution in [2.75, 3.05) is 13.3 Å². The summed E-state index contributed by atoms with van der Waals surface area (Å²) in [6.45, 7) is 0.988. The summed E-state index contributed by atoms with van der Waals surface area (Å²) in [4.78, 5) is 17.0. The van der Waals surface area contributed by atoms with Gasteiger partial charge in [0.1, 0.15) is 13.3 Å². The monoisotopic (exact) mass is 215 g/mol. The van der Waals surface area contributed by atoms with E-state index >= 15 is 0 Å². The zero-order chi connectivity index (χ0) is 10.9. The summed E-state index contributed by atoms with van der Waals surface area (Å²) in [6, 6.07) is 0. The van der Waals surface area contributed by atoms with Crippen molar-refractivity contribution < 1.29 is 18.8 Å². The molecule has 0 spiro atoms. The number of esters is 1. The van der Waals surface area contributed by atoms with Crippen molar-refractivity contribution in [2.24, 2.45) is 11.1 Å². The minimum atomic E-state index is -0.945. The third-order valence-electron chi connectivity index (χ3n) is 3.12. The molecule has 0 radical (unpaired) electrons. The van der Waals surface area contributed by atoms with E-state index in [1.165, 1.54) is 0 Å². The number of nitrogens with zero attached hydrogens (tertiary/aromatic N) is 1. The second-order valence-electron chi connectivity index (χ2n) is 3.98. The van der Waals surface area contributed by atoms with Crippen molar-refractivity contribution in [3.63, 3.8) is 0 Å². The number of alkyl halides is 1. The molecule has 1 heterocycles. The molecule has 84 valence electrons. The van der Waals surface area contributed by atoms with Crippen LogP contribution in [0.15, 0.2) is 5.16 Å². The van der Waals surface area contributed by atoms with E-state index < -0.39 is 18.2 Å². The van der Waals surface area contributed by atoms with E-state index in [-0.39, 0.29) is 12.5 Å². The van der Waals surface area contributed by atoms with Crippen molar-refractivity contribution in [1.82, 2.24) is 0 Å². The number of carbonyl (C=O) groups excluding carboxylic acids is 1. The van der Waals surface area contributed by atoms with Gasteiger partial charge in [0.05, 0.1) is 11.6 Å². The normalized spacial score (nSPS) is 33.2. The predicted octanol–water partition coefficient (Wildman–Crippen LogP) is 1.44. The lowest BCUT2D eigenvalue weighted by Gasteiger charge is -2.23. The Hall–Kier alpha value is -1.13. The molecule has 0 aromatic heterocycles. The molecular weight excluding hydrogens is 201 g/mol. The van der Waals surface area contributed by atoms with E-state index in [0.29, 0.717) is 6.42 Å². The van der Waals surface area contributed by atoms with Crippen LogP contribution in [0, 0.1) is 5.92 Å². The number of hydrogen-bond donors (Lipinski definition) is 0. The molecule has 2 rings (SSSR count).